The molecule has 5 rings (SSSR count). The number of nitrogens with zero attached hydrogens (tertiary/aromatic N) is 5. The zero-order valence-electron chi connectivity index (χ0n) is 20.0. The lowest BCUT2D eigenvalue weighted by Crippen LogP contribution is -2.47. The number of aromatic nitrogens is 4. The Labute approximate surface area is 202 Å². The van der Waals surface area contributed by atoms with Crippen molar-refractivity contribution in [1.82, 2.24) is 24.0 Å². The maximum absolute atomic E-state index is 12.8. The van der Waals surface area contributed by atoms with Crippen LogP contribution in [0.15, 0.2) is 52.1 Å². The topological polar surface area (TPSA) is 109 Å². The molecule has 10 heteroatoms. The van der Waals surface area contributed by atoms with E-state index < -0.39 is 17.4 Å². The quantitative estimate of drug-likeness (QED) is 0.410. The molecule has 1 aliphatic rings. The molecule has 184 valence electrons. The van der Waals surface area contributed by atoms with Crippen LogP contribution in [0.25, 0.3) is 21.9 Å². The molecule has 10 nitrogen and oxygen atoms in total. The van der Waals surface area contributed by atoms with Gasteiger partial charge in [-0.2, -0.15) is 4.98 Å². The van der Waals surface area contributed by atoms with E-state index in [2.05, 4.69) is 26.7 Å². The smallest absolute Gasteiger partial charge is 0.329 e. The van der Waals surface area contributed by atoms with E-state index in [9.17, 15) is 14.7 Å². The molecule has 2 aromatic heterocycles. The molecule has 1 atom stereocenters. The van der Waals surface area contributed by atoms with Crippen molar-refractivity contribution in [2.75, 3.05) is 44.2 Å². The summed E-state index contributed by atoms with van der Waals surface area (Å²) in [5.41, 5.74) is -0.467. The predicted octanol–water partition coefficient (Wildman–Crippen LogP) is 1.16. The number of nitrogens with one attached hydrogen (secondary N) is 1. The fourth-order valence-electron chi connectivity index (χ4n) is 4.61. The first-order valence-electron chi connectivity index (χ1n) is 11.9. The molecule has 4 aromatic rings. The lowest BCUT2D eigenvalue weighted by molar-refractivity contribution is 0.0936. The third-order valence-corrected chi connectivity index (χ3v) is 6.65. The highest BCUT2D eigenvalue weighted by molar-refractivity contribution is 5.83. The summed E-state index contributed by atoms with van der Waals surface area (Å²) >= 11 is 0. The molecule has 2 aromatic carbocycles. The second-order valence-electron chi connectivity index (χ2n) is 8.91. The van der Waals surface area contributed by atoms with Crippen LogP contribution in [-0.2, 0) is 13.6 Å². The molecule has 0 amide bonds. The van der Waals surface area contributed by atoms with Crippen molar-refractivity contribution < 1.29 is 9.84 Å². The maximum Gasteiger partial charge on any atom is 0.329 e. The first-order valence-corrected chi connectivity index (χ1v) is 11.9. The third-order valence-electron chi connectivity index (χ3n) is 6.65. The van der Waals surface area contributed by atoms with Crippen LogP contribution < -0.4 is 20.9 Å². The summed E-state index contributed by atoms with van der Waals surface area (Å²) in [6.45, 7) is 6.50. The lowest BCUT2D eigenvalue weighted by atomic mass is 10.1. The fourth-order valence-corrected chi connectivity index (χ4v) is 4.61. The number of aromatic amines is 1. The summed E-state index contributed by atoms with van der Waals surface area (Å²) in [4.78, 5) is 36.4. The SMILES string of the molecule is CCN1CCN(c2nc3c(c(=O)[nH]c(=O)n3C)n2C[C@@H](O)COc2ccc3ccccc3c2)CC1. The van der Waals surface area contributed by atoms with Gasteiger partial charge in [-0.25, -0.2) is 4.79 Å². The second kappa shape index (κ2) is 9.55. The van der Waals surface area contributed by atoms with E-state index in [1.54, 1.807) is 11.6 Å². The Morgan fingerprint density at radius 1 is 1.09 bits per heavy atom. The molecule has 1 aliphatic heterocycles. The molecule has 0 aliphatic carbocycles. The normalized spacial score (nSPS) is 15.7. The number of ether oxygens (including phenoxy) is 1. The number of aryl methyl sites for hydroxylation is 1. The van der Waals surface area contributed by atoms with Crippen LogP contribution in [0.2, 0.25) is 0 Å². The number of rotatable bonds is 7. The molecule has 2 N–H and O–H groups in total. The monoisotopic (exact) mass is 478 g/mol. The van der Waals surface area contributed by atoms with E-state index in [-0.39, 0.29) is 18.7 Å². The van der Waals surface area contributed by atoms with Crippen molar-refractivity contribution in [3.05, 3.63) is 63.3 Å². The minimum atomic E-state index is -0.897. The molecular weight excluding hydrogens is 448 g/mol. The van der Waals surface area contributed by atoms with Crippen LogP contribution in [0, 0.1) is 0 Å². The number of aliphatic hydroxyl groups excluding tert-OH is 1. The minimum absolute atomic E-state index is 0.0464. The Morgan fingerprint density at radius 3 is 2.57 bits per heavy atom. The summed E-state index contributed by atoms with van der Waals surface area (Å²) in [5, 5.41) is 13.1. The van der Waals surface area contributed by atoms with Gasteiger partial charge in [0.25, 0.3) is 5.56 Å². The molecule has 0 unspecified atom stereocenters. The van der Waals surface area contributed by atoms with Crippen LogP contribution in [-0.4, -0.2) is 74.5 Å². The summed E-state index contributed by atoms with van der Waals surface area (Å²) in [6.07, 6.45) is -0.897. The number of fused-ring (bicyclic) bond motifs is 2. The highest BCUT2D eigenvalue weighted by Crippen LogP contribution is 2.23. The molecular formula is C25H30N6O4. The predicted molar refractivity (Wildman–Crippen MR) is 135 cm³/mol. The Morgan fingerprint density at radius 2 is 1.83 bits per heavy atom. The van der Waals surface area contributed by atoms with Crippen LogP contribution in [0.4, 0.5) is 5.95 Å². The number of hydrogen-bond donors (Lipinski definition) is 2. The molecule has 35 heavy (non-hydrogen) atoms. The van der Waals surface area contributed by atoms with Gasteiger partial charge in [-0.1, -0.05) is 37.3 Å². The van der Waals surface area contributed by atoms with E-state index in [0.29, 0.717) is 17.3 Å². The number of aliphatic hydroxyl groups is 1. The van der Waals surface area contributed by atoms with Gasteiger partial charge in [0.05, 0.1) is 6.54 Å². The first-order chi connectivity index (χ1) is 16.9. The summed E-state index contributed by atoms with van der Waals surface area (Å²) in [5.74, 6) is 1.24. The fraction of sp³-hybridized carbons (Fsp3) is 0.400. The number of likely N-dealkylation sites (N-methyl/N-ethyl adjacent to an activating group) is 1. The molecule has 0 bridgehead atoms. The van der Waals surface area contributed by atoms with Crippen molar-refractivity contribution in [1.29, 1.82) is 0 Å². The number of hydrogen-bond acceptors (Lipinski definition) is 7. The standard InChI is InChI=1S/C25H30N6O4/c1-3-29-10-12-30(13-11-29)24-26-22-21(23(33)27-25(34)28(22)2)31(24)15-19(32)16-35-20-9-8-17-6-4-5-7-18(17)14-20/h4-9,14,19,32H,3,10-13,15-16H2,1-2H3,(H,27,33,34)/t19-/m1/s1. The van der Waals surface area contributed by atoms with Crippen LogP contribution >= 0.6 is 0 Å². The molecule has 3 heterocycles. The van der Waals surface area contributed by atoms with Gasteiger partial charge in [-0.15, -0.1) is 0 Å². The van der Waals surface area contributed by atoms with Crippen LogP contribution in [0.1, 0.15) is 6.92 Å². The molecule has 1 fully saturated rings. The number of benzene rings is 2. The van der Waals surface area contributed by atoms with E-state index in [1.807, 2.05) is 42.5 Å². The largest absolute Gasteiger partial charge is 0.491 e. The zero-order valence-corrected chi connectivity index (χ0v) is 20.0. The zero-order chi connectivity index (χ0) is 24.5. The number of anilines is 1. The van der Waals surface area contributed by atoms with Crippen LogP contribution in [0.3, 0.4) is 0 Å². The van der Waals surface area contributed by atoms with E-state index in [4.69, 9.17) is 4.74 Å². The third kappa shape index (κ3) is 4.54. The molecule has 0 spiro atoms. The Balaban J connectivity index is 1.42. The average Bonchev–Trinajstić information content (AvgIpc) is 3.25. The van der Waals surface area contributed by atoms with Gasteiger partial charge in [-0.3, -0.25) is 14.3 Å². The van der Waals surface area contributed by atoms with Crippen molar-refractivity contribution in [2.45, 2.75) is 19.6 Å². The van der Waals surface area contributed by atoms with Crippen molar-refractivity contribution >= 4 is 27.9 Å². The molecule has 1 saturated heterocycles. The van der Waals surface area contributed by atoms with Crippen molar-refractivity contribution in [2.24, 2.45) is 7.05 Å². The number of H-pyrrole nitrogens is 1. The molecule has 0 radical (unpaired) electrons. The number of piperazine rings is 1. The Bertz CT molecular complexity index is 1460. The average molecular weight is 479 g/mol. The van der Waals surface area contributed by atoms with Gasteiger partial charge in [0, 0.05) is 33.2 Å². The van der Waals surface area contributed by atoms with E-state index in [1.165, 1.54) is 4.57 Å². The van der Waals surface area contributed by atoms with Crippen LogP contribution in [0.5, 0.6) is 5.75 Å². The lowest BCUT2D eigenvalue weighted by Gasteiger charge is -2.35. The second-order valence-corrected chi connectivity index (χ2v) is 8.91. The summed E-state index contributed by atoms with van der Waals surface area (Å²) < 4.78 is 8.92. The maximum atomic E-state index is 12.8. The minimum Gasteiger partial charge on any atom is -0.491 e. The Hall–Kier alpha value is -3.63. The highest BCUT2D eigenvalue weighted by Gasteiger charge is 2.25. The highest BCUT2D eigenvalue weighted by atomic mass is 16.5. The van der Waals surface area contributed by atoms with Gasteiger partial charge in [0.1, 0.15) is 18.5 Å². The van der Waals surface area contributed by atoms with E-state index >= 15 is 0 Å². The molecule has 0 saturated carbocycles. The summed E-state index contributed by atoms with van der Waals surface area (Å²) in [6, 6.07) is 13.8. The van der Waals surface area contributed by atoms with E-state index in [0.717, 1.165) is 43.5 Å². The van der Waals surface area contributed by atoms with Gasteiger partial charge in [0.15, 0.2) is 11.2 Å². The van der Waals surface area contributed by atoms with Gasteiger partial charge in [0.2, 0.25) is 5.95 Å². The number of imidazole rings is 1. The van der Waals surface area contributed by atoms with Crippen molar-refractivity contribution in [3.8, 4) is 5.75 Å². The Kier molecular flexibility index (Phi) is 6.31. The van der Waals surface area contributed by atoms with Gasteiger partial charge >= 0.3 is 5.69 Å². The first kappa shape index (κ1) is 23.1. The van der Waals surface area contributed by atoms with Gasteiger partial charge < -0.3 is 24.2 Å². The van der Waals surface area contributed by atoms with Gasteiger partial charge in [-0.05, 0) is 29.4 Å². The van der Waals surface area contributed by atoms with Crippen molar-refractivity contribution in [3.63, 3.8) is 0 Å². The summed E-state index contributed by atoms with van der Waals surface area (Å²) in [7, 11) is 1.58.